The second-order valence-corrected chi connectivity index (χ2v) is 5.45. The molecular weight excluding hydrogens is 288 g/mol. The molecule has 0 saturated carbocycles. The molecule has 1 aromatic heterocycles. The van der Waals surface area contributed by atoms with Crippen molar-refractivity contribution >= 4 is 22.9 Å². The van der Waals surface area contributed by atoms with E-state index in [1.807, 2.05) is 23.8 Å². The summed E-state index contributed by atoms with van der Waals surface area (Å²) in [5, 5.41) is 14.8. The highest BCUT2D eigenvalue weighted by molar-refractivity contribution is 7.07. The van der Waals surface area contributed by atoms with Crippen molar-refractivity contribution in [3.8, 4) is 0 Å². The van der Waals surface area contributed by atoms with E-state index < -0.39 is 4.92 Å². The molecular formula is C15H16N2O3S. The first kappa shape index (κ1) is 15.2. The SMILES string of the molecule is CCCN(Cc1ccsc1)C(=O)c1cccc([N+](=O)[O-])c1. The summed E-state index contributed by atoms with van der Waals surface area (Å²) in [7, 11) is 0. The molecule has 2 aromatic rings. The van der Waals surface area contributed by atoms with Gasteiger partial charge in [0.05, 0.1) is 4.92 Å². The van der Waals surface area contributed by atoms with Crippen molar-refractivity contribution in [3.63, 3.8) is 0 Å². The van der Waals surface area contributed by atoms with Gasteiger partial charge in [0.25, 0.3) is 11.6 Å². The number of carbonyl (C=O) groups is 1. The predicted molar refractivity (Wildman–Crippen MR) is 82.4 cm³/mol. The second kappa shape index (κ2) is 6.99. The molecule has 0 aliphatic rings. The minimum absolute atomic E-state index is 0.0622. The Hall–Kier alpha value is -2.21. The van der Waals surface area contributed by atoms with E-state index in [1.54, 1.807) is 28.4 Å². The number of thiophene rings is 1. The fourth-order valence-electron chi connectivity index (χ4n) is 2.06. The summed E-state index contributed by atoms with van der Waals surface area (Å²) in [5.41, 5.74) is 1.37. The molecule has 0 fully saturated rings. The maximum Gasteiger partial charge on any atom is 0.270 e. The lowest BCUT2D eigenvalue weighted by Gasteiger charge is -2.21. The van der Waals surface area contributed by atoms with Gasteiger partial charge in [-0.05, 0) is 34.9 Å². The van der Waals surface area contributed by atoms with E-state index in [2.05, 4.69) is 0 Å². The van der Waals surface area contributed by atoms with Crippen LogP contribution in [0.15, 0.2) is 41.1 Å². The van der Waals surface area contributed by atoms with Crippen LogP contribution < -0.4 is 0 Å². The number of amides is 1. The molecule has 110 valence electrons. The minimum atomic E-state index is -0.486. The number of nitro groups is 1. The monoisotopic (exact) mass is 304 g/mol. The van der Waals surface area contributed by atoms with Crippen molar-refractivity contribution in [1.82, 2.24) is 4.90 Å². The van der Waals surface area contributed by atoms with Crippen molar-refractivity contribution in [3.05, 3.63) is 62.3 Å². The van der Waals surface area contributed by atoms with Crippen LogP contribution in [0.2, 0.25) is 0 Å². The Labute approximate surface area is 127 Å². The molecule has 2 rings (SSSR count). The van der Waals surface area contributed by atoms with Crippen LogP contribution in [0.1, 0.15) is 29.3 Å². The fourth-order valence-corrected chi connectivity index (χ4v) is 2.72. The zero-order valence-corrected chi connectivity index (χ0v) is 12.5. The molecule has 0 unspecified atom stereocenters. The van der Waals surface area contributed by atoms with Gasteiger partial charge in [-0.3, -0.25) is 14.9 Å². The lowest BCUT2D eigenvalue weighted by molar-refractivity contribution is -0.384. The molecule has 6 heteroatoms. The largest absolute Gasteiger partial charge is 0.334 e. The van der Waals surface area contributed by atoms with Crippen LogP contribution in [0.3, 0.4) is 0 Å². The molecule has 0 bridgehead atoms. The summed E-state index contributed by atoms with van der Waals surface area (Å²) in [6.45, 7) is 3.15. The van der Waals surface area contributed by atoms with Gasteiger partial charge in [0, 0.05) is 30.8 Å². The van der Waals surface area contributed by atoms with Crippen LogP contribution in [0.25, 0.3) is 0 Å². The number of benzene rings is 1. The molecule has 5 nitrogen and oxygen atoms in total. The van der Waals surface area contributed by atoms with Crippen molar-refractivity contribution in [2.45, 2.75) is 19.9 Å². The third-order valence-corrected chi connectivity index (χ3v) is 3.77. The Morgan fingerprint density at radius 3 is 2.81 bits per heavy atom. The molecule has 0 radical (unpaired) electrons. The zero-order valence-electron chi connectivity index (χ0n) is 11.7. The van der Waals surface area contributed by atoms with Gasteiger partial charge in [-0.2, -0.15) is 11.3 Å². The molecule has 1 aromatic carbocycles. The van der Waals surface area contributed by atoms with Gasteiger partial charge in [0.2, 0.25) is 0 Å². The van der Waals surface area contributed by atoms with Gasteiger partial charge in [0.1, 0.15) is 0 Å². The average molecular weight is 304 g/mol. The number of rotatable bonds is 6. The fraction of sp³-hybridized carbons (Fsp3) is 0.267. The standard InChI is InChI=1S/C15H16N2O3S/c1-2-7-16(10-12-6-8-21-11-12)15(18)13-4-3-5-14(9-13)17(19)20/h3-6,8-9,11H,2,7,10H2,1H3. The summed E-state index contributed by atoms with van der Waals surface area (Å²) in [6.07, 6.45) is 0.838. The predicted octanol–water partition coefficient (Wildman–Crippen LogP) is 3.71. The van der Waals surface area contributed by atoms with Crippen LogP contribution in [0.4, 0.5) is 5.69 Å². The van der Waals surface area contributed by atoms with Gasteiger partial charge in [-0.15, -0.1) is 0 Å². The first-order chi connectivity index (χ1) is 10.1. The molecule has 0 saturated heterocycles. The number of carbonyl (C=O) groups excluding carboxylic acids is 1. The van der Waals surface area contributed by atoms with Gasteiger partial charge in [0.15, 0.2) is 0 Å². The van der Waals surface area contributed by atoms with Crippen LogP contribution in [-0.4, -0.2) is 22.3 Å². The highest BCUT2D eigenvalue weighted by atomic mass is 32.1. The first-order valence-electron chi connectivity index (χ1n) is 6.66. The van der Waals surface area contributed by atoms with Gasteiger partial charge >= 0.3 is 0 Å². The highest BCUT2D eigenvalue weighted by Crippen LogP contribution is 2.17. The average Bonchev–Trinajstić information content (AvgIpc) is 2.99. The van der Waals surface area contributed by atoms with E-state index in [0.29, 0.717) is 18.7 Å². The third-order valence-electron chi connectivity index (χ3n) is 3.04. The third kappa shape index (κ3) is 3.88. The van der Waals surface area contributed by atoms with E-state index in [1.165, 1.54) is 12.1 Å². The number of nitrogens with zero attached hydrogens (tertiary/aromatic N) is 2. The Morgan fingerprint density at radius 1 is 1.38 bits per heavy atom. The van der Waals surface area contributed by atoms with Crippen LogP contribution in [0.5, 0.6) is 0 Å². The van der Waals surface area contributed by atoms with Crippen molar-refractivity contribution in [2.24, 2.45) is 0 Å². The van der Waals surface area contributed by atoms with Crippen LogP contribution in [-0.2, 0) is 6.54 Å². The van der Waals surface area contributed by atoms with Gasteiger partial charge in [-0.25, -0.2) is 0 Å². The summed E-state index contributed by atoms with van der Waals surface area (Å²) in [5.74, 6) is -0.174. The Kier molecular flexibility index (Phi) is 5.05. The number of hydrogen-bond acceptors (Lipinski definition) is 4. The minimum Gasteiger partial charge on any atom is -0.334 e. The maximum absolute atomic E-state index is 12.5. The molecule has 0 spiro atoms. The molecule has 1 amide bonds. The Balaban J connectivity index is 2.21. The van der Waals surface area contributed by atoms with E-state index >= 15 is 0 Å². The summed E-state index contributed by atoms with van der Waals surface area (Å²) < 4.78 is 0. The van der Waals surface area contributed by atoms with Gasteiger partial charge in [-0.1, -0.05) is 13.0 Å². The topological polar surface area (TPSA) is 63.5 Å². The van der Waals surface area contributed by atoms with Gasteiger partial charge < -0.3 is 4.90 Å². The summed E-state index contributed by atoms with van der Waals surface area (Å²) in [4.78, 5) is 24.6. The van der Waals surface area contributed by atoms with E-state index in [9.17, 15) is 14.9 Å². The van der Waals surface area contributed by atoms with Crippen LogP contribution in [0, 0.1) is 10.1 Å². The zero-order chi connectivity index (χ0) is 15.2. The lowest BCUT2D eigenvalue weighted by Crippen LogP contribution is -2.31. The smallest absolute Gasteiger partial charge is 0.270 e. The van der Waals surface area contributed by atoms with Crippen molar-refractivity contribution < 1.29 is 9.72 Å². The number of nitro benzene ring substituents is 1. The Bertz CT molecular complexity index is 626. The number of non-ortho nitro benzene ring substituents is 1. The quantitative estimate of drug-likeness (QED) is 0.603. The molecule has 21 heavy (non-hydrogen) atoms. The highest BCUT2D eigenvalue weighted by Gasteiger charge is 2.18. The molecule has 0 aliphatic carbocycles. The summed E-state index contributed by atoms with van der Waals surface area (Å²) >= 11 is 1.59. The molecule has 0 atom stereocenters. The Morgan fingerprint density at radius 2 is 2.19 bits per heavy atom. The van der Waals surface area contributed by atoms with E-state index in [-0.39, 0.29) is 11.6 Å². The molecule has 0 N–H and O–H groups in total. The summed E-state index contributed by atoms with van der Waals surface area (Å²) in [6, 6.07) is 7.86. The van der Waals surface area contributed by atoms with Crippen LogP contribution >= 0.6 is 11.3 Å². The first-order valence-corrected chi connectivity index (χ1v) is 7.61. The normalized spacial score (nSPS) is 10.3. The molecule has 1 heterocycles. The van der Waals surface area contributed by atoms with Crippen molar-refractivity contribution in [1.29, 1.82) is 0 Å². The van der Waals surface area contributed by atoms with E-state index in [0.717, 1.165) is 12.0 Å². The number of hydrogen-bond donors (Lipinski definition) is 0. The lowest BCUT2D eigenvalue weighted by atomic mass is 10.1. The van der Waals surface area contributed by atoms with Crippen molar-refractivity contribution in [2.75, 3.05) is 6.54 Å². The second-order valence-electron chi connectivity index (χ2n) is 4.67. The van der Waals surface area contributed by atoms with E-state index in [4.69, 9.17) is 0 Å². The maximum atomic E-state index is 12.5. The molecule has 0 aliphatic heterocycles.